The van der Waals surface area contributed by atoms with Crippen LogP contribution in [0.15, 0.2) is 30.3 Å². The number of nitrogens with two attached hydrogens (primary N) is 1. The number of carbonyl (C=O) groups excluding carboxylic acids is 1. The zero-order chi connectivity index (χ0) is 13.4. The zero-order valence-electron chi connectivity index (χ0n) is 11.1. The SMILES string of the molecule is COCC(C)CC(=O)NCC(N)c1ccccc1. The molecule has 0 heterocycles. The number of rotatable bonds is 7. The Hall–Kier alpha value is -1.39. The van der Waals surface area contributed by atoms with Gasteiger partial charge in [0.1, 0.15) is 0 Å². The van der Waals surface area contributed by atoms with Crippen molar-refractivity contribution >= 4 is 5.91 Å². The molecule has 3 N–H and O–H groups in total. The largest absolute Gasteiger partial charge is 0.384 e. The van der Waals surface area contributed by atoms with E-state index >= 15 is 0 Å². The number of benzene rings is 1. The second kappa shape index (κ2) is 7.84. The van der Waals surface area contributed by atoms with Crippen LogP contribution >= 0.6 is 0 Å². The number of hydrogen-bond acceptors (Lipinski definition) is 3. The van der Waals surface area contributed by atoms with Gasteiger partial charge in [-0.15, -0.1) is 0 Å². The molecule has 100 valence electrons. The number of nitrogens with one attached hydrogen (secondary N) is 1. The lowest BCUT2D eigenvalue weighted by molar-refractivity contribution is -0.122. The molecular weight excluding hydrogens is 228 g/mol. The van der Waals surface area contributed by atoms with Gasteiger partial charge in [0.25, 0.3) is 0 Å². The maximum atomic E-state index is 11.6. The van der Waals surface area contributed by atoms with Crippen LogP contribution in [0.3, 0.4) is 0 Å². The van der Waals surface area contributed by atoms with Gasteiger partial charge in [-0.2, -0.15) is 0 Å². The van der Waals surface area contributed by atoms with Gasteiger partial charge in [0, 0.05) is 32.7 Å². The molecule has 1 amide bonds. The van der Waals surface area contributed by atoms with Crippen LogP contribution in [0, 0.1) is 5.92 Å². The topological polar surface area (TPSA) is 64.3 Å². The highest BCUT2D eigenvalue weighted by molar-refractivity contribution is 5.76. The third kappa shape index (κ3) is 5.29. The smallest absolute Gasteiger partial charge is 0.220 e. The van der Waals surface area contributed by atoms with E-state index in [4.69, 9.17) is 10.5 Å². The van der Waals surface area contributed by atoms with Crippen LogP contribution in [-0.2, 0) is 9.53 Å². The Morgan fingerprint density at radius 1 is 1.39 bits per heavy atom. The molecular formula is C14H22N2O2. The van der Waals surface area contributed by atoms with E-state index in [1.54, 1.807) is 7.11 Å². The maximum absolute atomic E-state index is 11.6. The molecule has 1 aromatic rings. The predicted molar refractivity (Wildman–Crippen MR) is 72.0 cm³/mol. The Labute approximate surface area is 109 Å². The zero-order valence-corrected chi connectivity index (χ0v) is 11.1. The highest BCUT2D eigenvalue weighted by Gasteiger charge is 2.11. The van der Waals surface area contributed by atoms with Gasteiger partial charge in [0.2, 0.25) is 5.91 Å². The van der Waals surface area contributed by atoms with Crippen LogP contribution in [-0.4, -0.2) is 26.2 Å². The minimum Gasteiger partial charge on any atom is -0.384 e. The summed E-state index contributed by atoms with van der Waals surface area (Å²) >= 11 is 0. The molecule has 0 aliphatic heterocycles. The van der Waals surface area contributed by atoms with Gasteiger partial charge in [0.15, 0.2) is 0 Å². The van der Waals surface area contributed by atoms with E-state index in [1.165, 1.54) is 0 Å². The van der Waals surface area contributed by atoms with Crippen molar-refractivity contribution in [1.82, 2.24) is 5.32 Å². The molecule has 2 unspecified atom stereocenters. The van der Waals surface area contributed by atoms with E-state index in [0.717, 1.165) is 5.56 Å². The van der Waals surface area contributed by atoms with Gasteiger partial charge in [-0.25, -0.2) is 0 Å². The van der Waals surface area contributed by atoms with E-state index < -0.39 is 0 Å². The Morgan fingerprint density at radius 2 is 2.06 bits per heavy atom. The highest BCUT2D eigenvalue weighted by Crippen LogP contribution is 2.08. The standard InChI is InChI=1S/C14H22N2O2/c1-11(10-18-2)8-14(17)16-9-13(15)12-6-4-3-5-7-12/h3-7,11,13H,8-10,15H2,1-2H3,(H,16,17). The first-order valence-corrected chi connectivity index (χ1v) is 6.19. The van der Waals surface area contributed by atoms with E-state index in [0.29, 0.717) is 19.6 Å². The van der Waals surface area contributed by atoms with Gasteiger partial charge in [-0.3, -0.25) is 4.79 Å². The lowest BCUT2D eigenvalue weighted by atomic mass is 10.1. The van der Waals surface area contributed by atoms with Crippen molar-refractivity contribution in [2.24, 2.45) is 11.7 Å². The summed E-state index contributed by atoms with van der Waals surface area (Å²) < 4.78 is 4.99. The van der Waals surface area contributed by atoms with Crippen molar-refractivity contribution in [3.8, 4) is 0 Å². The Bertz CT molecular complexity index is 354. The van der Waals surface area contributed by atoms with Crippen molar-refractivity contribution in [2.75, 3.05) is 20.3 Å². The van der Waals surface area contributed by atoms with Gasteiger partial charge < -0.3 is 15.8 Å². The van der Waals surface area contributed by atoms with Crippen molar-refractivity contribution in [1.29, 1.82) is 0 Å². The molecule has 0 fully saturated rings. The fourth-order valence-corrected chi connectivity index (χ4v) is 1.77. The highest BCUT2D eigenvalue weighted by atomic mass is 16.5. The van der Waals surface area contributed by atoms with Gasteiger partial charge in [-0.05, 0) is 11.5 Å². The first kappa shape index (κ1) is 14.7. The summed E-state index contributed by atoms with van der Waals surface area (Å²) in [6.07, 6.45) is 0.468. The molecule has 18 heavy (non-hydrogen) atoms. The monoisotopic (exact) mass is 250 g/mol. The van der Waals surface area contributed by atoms with E-state index in [1.807, 2.05) is 37.3 Å². The molecule has 0 radical (unpaired) electrons. The maximum Gasteiger partial charge on any atom is 0.220 e. The first-order valence-electron chi connectivity index (χ1n) is 6.19. The van der Waals surface area contributed by atoms with Crippen LogP contribution in [0.25, 0.3) is 0 Å². The third-order valence-electron chi connectivity index (χ3n) is 2.73. The van der Waals surface area contributed by atoms with Gasteiger partial charge in [-0.1, -0.05) is 37.3 Å². The predicted octanol–water partition coefficient (Wildman–Crippen LogP) is 1.48. The molecule has 0 spiro atoms. The molecule has 0 aliphatic rings. The fraction of sp³-hybridized carbons (Fsp3) is 0.500. The lowest BCUT2D eigenvalue weighted by Gasteiger charge is -2.14. The second-order valence-corrected chi connectivity index (χ2v) is 4.59. The molecule has 0 bridgehead atoms. The number of methoxy groups -OCH3 is 1. The summed E-state index contributed by atoms with van der Waals surface area (Å²) in [5.74, 6) is 0.244. The molecule has 0 aliphatic carbocycles. The van der Waals surface area contributed by atoms with Crippen LogP contribution in [0.1, 0.15) is 24.9 Å². The summed E-state index contributed by atoms with van der Waals surface area (Å²) in [5.41, 5.74) is 7.02. The summed E-state index contributed by atoms with van der Waals surface area (Å²) in [6, 6.07) is 9.60. The second-order valence-electron chi connectivity index (χ2n) is 4.59. The van der Waals surface area contributed by atoms with Crippen molar-refractivity contribution in [2.45, 2.75) is 19.4 Å². The molecule has 0 aromatic heterocycles. The van der Waals surface area contributed by atoms with Crippen LogP contribution in [0.4, 0.5) is 0 Å². The third-order valence-corrected chi connectivity index (χ3v) is 2.73. The lowest BCUT2D eigenvalue weighted by Crippen LogP contribution is -2.33. The minimum absolute atomic E-state index is 0.0194. The van der Waals surface area contributed by atoms with Crippen molar-refractivity contribution < 1.29 is 9.53 Å². The Morgan fingerprint density at radius 3 is 2.67 bits per heavy atom. The van der Waals surface area contributed by atoms with Crippen molar-refractivity contribution in [3.05, 3.63) is 35.9 Å². The number of ether oxygens (including phenoxy) is 1. The summed E-state index contributed by atoms with van der Waals surface area (Å²) in [7, 11) is 1.64. The molecule has 0 saturated carbocycles. The molecule has 0 saturated heterocycles. The van der Waals surface area contributed by atoms with Crippen molar-refractivity contribution in [3.63, 3.8) is 0 Å². The summed E-state index contributed by atoms with van der Waals surface area (Å²) in [5, 5.41) is 2.85. The summed E-state index contributed by atoms with van der Waals surface area (Å²) in [6.45, 7) is 3.04. The number of amides is 1. The number of carbonyl (C=O) groups is 1. The molecule has 4 heteroatoms. The number of hydrogen-bond donors (Lipinski definition) is 2. The first-order chi connectivity index (χ1) is 8.63. The average Bonchev–Trinajstić information content (AvgIpc) is 2.37. The van der Waals surface area contributed by atoms with E-state index in [9.17, 15) is 4.79 Å². The van der Waals surface area contributed by atoms with Gasteiger partial charge in [0.05, 0.1) is 0 Å². The molecule has 1 aromatic carbocycles. The minimum atomic E-state index is -0.159. The molecule has 1 rings (SSSR count). The van der Waals surface area contributed by atoms with Crippen LogP contribution < -0.4 is 11.1 Å². The van der Waals surface area contributed by atoms with E-state index in [2.05, 4.69) is 5.32 Å². The summed E-state index contributed by atoms with van der Waals surface area (Å²) in [4.78, 5) is 11.6. The normalized spacial score (nSPS) is 13.9. The molecule has 2 atom stereocenters. The van der Waals surface area contributed by atoms with E-state index in [-0.39, 0.29) is 17.9 Å². The quantitative estimate of drug-likeness (QED) is 0.770. The van der Waals surface area contributed by atoms with Crippen LogP contribution in [0.5, 0.6) is 0 Å². The Balaban J connectivity index is 2.30. The molecule has 4 nitrogen and oxygen atoms in total. The van der Waals surface area contributed by atoms with Gasteiger partial charge >= 0.3 is 0 Å². The fourth-order valence-electron chi connectivity index (χ4n) is 1.77. The Kier molecular flexibility index (Phi) is 6.39. The average molecular weight is 250 g/mol. The van der Waals surface area contributed by atoms with Crippen LogP contribution in [0.2, 0.25) is 0 Å².